The van der Waals surface area contributed by atoms with Gasteiger partial charge in [-0.3, -0.25) is 5.43 Å². The second-order valence-electron chi connectivity index (χ2n) is 4.00. The number of benzene rings is 1. The zero-order valence-corrected chi connectivity index (χ0v) is 12.9. The first-order valence-corrected chi connectivity index (χ1v) is 6.85. The lowest BCUT2D eigenvalue weighted by Gasteiger charge is -2.09. The molecule has 0 radical (unpaired) electrons. The minimum absolute atomic E-state index is 0.488. The van der Waals surface area contributed by atoms with Gasteiger partial charge in [0.2, 0.25) is 0 Å². The van der Waals surface area contributed by atoms with E-state index in [1.807, 2.05) is 31.2 Å². The van der Waals surface area contributed by atoms with Crippen molar-refractivity contribution >= 4 is 23.0 Å². The second-order valence-corrected chi connectivity index (χ2v) is 4.41. The molecule has 0 unspecified atom stereocenters. The van der Waals surface area contributed by atoms with E-state index < -0.39 is 0 Å². The van der Waals surface area contributed by atoms with Crippen LogP contribution in [0.4, 0.5) is 0 Å². The van der Waals surface area contributed by atoms with Crippen LogP contribution in [0.3, 0.4) is 0 Å². The lowest BCUT2D eigenvalue weighted by Crippen LogP contribution is -2.34. The Morgan fingerprint density at radius 2 is 1.95 bits per heavy atom. The van der Waals surface area contributed by atoms with Crippen molar-refractivity contribution in [2.24, 2.45) is 5.10 Å². The van der Waals surface area contributed by atoms with Crippen molar-refractivity contribution in [3.05, 3.63) is 29.8 Å². The molecule has 0 aliphatic rings. The summed E-state index contributed by atoms with van der Waals surface area (Å²) in [6.07, 6.45) is 0.806. The molecule has 0 atom stereocenters. The molecule has 1 aromatic rings. The normalized spacial score (nSPS) is 11.1. The SMILES string of the molecule is CC/C(=N/NC(=S)NCCOC)c1ccc(OC)cc1. The van der Waals surface area contributed by atoms with Crippen molar-refractivity contribution in [2.45, 2.75) is 13.3 Å². The standard InChI is InChI=1S/C14H21N3O2S/c1-4-13(11-5-7-12(19-3)8-6-11)16-17-14(20)15-9-10-18-2/h5-8H,4,9-10H2,1-3H3,(H2,15,17,20)/b16-13-. The molecule has 0 fully saturated rings. The van der Waals surface area contributed by atoms with Gasteiger partial charge in [-0.15, -0.1) is 0 Å². The summed E-state index contributed by atoms with van der Waals surface area (Å²) in [7, 11) is 3.30. The third kappa shape index (κ3) is 5.54. The van der Waals surface area contributed by atoms with E-state index in [4.69, 9.17) is 21.7 Å². The van der Waals surface area contributed by atoms with Crippen LogP contribution in [0, 0.1) is 0 Å². The summed E-state index contributed by atoms with van der Waals surface area (Å²) in [5.74, 6) is 0.828. The maximum Gasteiger partial charge on any atom is 0.187 e. The highest BCUT2D eigenvalue weighted by molar-refractivity contribution is 7.80. The van der Waals surface area contributed by atoms with Crippen LogP contribution in [0.15, 0.2) is 29.4 Å². The Kier molecular flexibility index (Phi) is 7.60. The van der Waals surface area contributed by atoms with Crippen LogP contribution in [0.2, 0.25) is 0 Å². The first-order chi connectivity index (χ1) is 9.71. The maximum atomic E-state index is 5.14. The van der Waals surface area contributed by atoms with Crippen molar-refractivity contribution in [2.75, 3.05) is 27.4 Å². The second kappa shape index (κ2) is 9.28. The predicted octanol–water partition coefficient (Wildman–Crippen LogP) is 1.92. The molecule has 0 aliphatic heterocycles. The number of hydrogen-bond donors (Lipinski definition) is 2. The Morgan fingerprint density at radius 1 is 1.25 bits per heavy atom. The van der Waals surface area contributed by atoms with Gasteiger partial charge in [0.25, 0.3) is 0 Å². The molecule has 0 spiro atoms. The smallest absolute Gasteiger partial charge is 0.187 e. The lowest BCUT2D eigenvalue weighted by atomic mass is 10.1. The first kappa shape index (κ1) is 16.4. The van der Waals surface area contributed by atoms with Crippen LogP contribution in [0.1, 0.15) is 18.9 Å². The van der Waals surface area contributed by atoms with Crippen LogP contribution in [-0.2, 0) is 4.74 Å². The fraction of sp³-hybridized carbons (Fsp3) is 0.429. The molecule has 1 rings (SSSR count). The highest BCUT2D eigenvalue weighted by atomic mass is 32.1. The first-order valence-electron chi connectivity index (χ1n) is 6.45. The van der Waals surface area contributed by atoms with E-state index in [2.05, 4.69) is 15.8 Å². The average molecular weight is 295 g/mol. The Hall–Kier alpha value is -1.66. The zero-order valence-electron chi connectivity index (χ0n) is 12.1. The van der Waals surface area contributed by atoms with Gasteiger partial charge in [-0.25, -0.2) is 0 Å². The number of thiocarbonyl (C=S) groups is 1. The minimum Gasteiger partial charge on any atom is -0.497 e. The molecular formula is C14H21N3O2S. The minimum atomic E-state index is 0.488. The third-order valence-electron chi connectivity index (χ3n) is 2.64. The molecule has 0 saturated carbocycles. The fourth-order valence-electron chi connectivity index (χ4n) is 1.56. The van der Waals surface area contributed by atoms with Crippen LogP contribution in [0.25, 0.3) is 0 Å². The molecule has 0 aromatic heterocycles. The van der Waals surface area contributed by atoms with E-state index in [0.717, 1.165) is 23.4 Å². The molecule has 0 heterocycles. The molecular weight excluding hydrogens is 274 g/mol. The van der Waals surface area contributed by atoms with E-state index in [1.54, 1.807) is 14.2 Å². The molecule has 0 bridgehead atoms. The number of nitrogens with zero attached hydrogens (tertiary/aromatic N) is 1. The van der Waals surface area contributed by atoms with Gasteiger partial charge in [-0.05, 0) is 48.5 Å². The van der Waals surface area contributed by atoms with Crippen molar-refractivity contribution in [1.29, 1.82) is 0 Å². The summed E-state index contributed by atoms with van der Waals surface area (Å²) in [5.41, 5.74) is 4.82. The van der Waals surface area contributed by atoms with Crippen molar-refractivity contribution in [1.82, 2.24) is 10.7 Å². The highest BCUT2D eigenvalue weighted by Gasteiger charge is 2.02. The van der Waals surface area contributed by atoms with E-state index in [-0.39, 0.29) is 0 Å². The van der Waals surface area contributed by atoms with Gasteiger partial charge < -0.3 is 14.8 Å². The third-order valence-corrected chi connectivity index (χ3v) is 2.88. The van der Waals surface area contributed by atoms with Gasteiger partial charge in [-0.1, -0.05) is 6.92 Å². The Labute approximate surface area is 125 Å². The molecule has 1 aromatic carbocycles. The van der Waals surface area contributed by atoms with Crippen molar-refractivity contribution < 1.29 is 9.47 Å². The molecule has 0 amide bonds. The average Bonchev–Trinajstić information content (AvgIpc) is 2.49. The number of hydrogen-bond acceptors (Lipinski definition) is 4. The number of methoxy groups -OCH3 is 2. The summed E-state index contributed by atoms with van der Waals surface area (Å²) in [5, 5.41) is 7.82. The molecule has 5 nitrogen and oxygen atoms in total. The van der Waals surface area contributed by atoms with Crippen LogP contribution < -0.4 is 15.5 Å². The van der Waals surface area contributed by atoms with Crippen LogP contribution in [0.5, 0.6) is 5.75 Å². The maximum absolute atomic E-state index is 5.14. The van der Waals surface area contributed by atoms with E-state index >= 15 is 0 Å². The van der Waals surface area contributed by atoms with Crippen LogP contribution >= 0.6 is 12.2 Å². The molecule has 0 aliphatic carbocycles. The summed E-state index contributed by atoms with van der Waals surface area (Å²) in [6.45, 7) is 3.30. The molecule has 2 N–H and O–H groups in total. The van der Waals surface area contributed by atoms with Gasteiger partial charge in [0.05, 0.1) is 19.4 Å². The Bertz CT molecular complexity index is 446. The monoisotopic (exact) mass is 295 g/mol. The molecule has 110 valence electrons. The lowest BCUT2D eigenvalue weighted by molar-refractivity contribution is 0.204. The van der Waals surface area contributed by atoms with Crippen LogP contribution in [-0.4, -0.2) is 38.2 Å². The zero-order chi connectivity index (χ0) is 14.8. The predicted molar refractivity (Wildman–Crippen MR) is 85.4 cm³/mol. The van der Waals surface area contributed by atoms with E-state index in [0.29, 0.717) is 18.3 Å². The molecule has 0 saturated heterocycles. The Balaban J connectivity index is 2.59. The number of hydrazone groups is 1. The van der Waals surface area contributed by atoms with Gasteiger partial charge in [0, 0.05) is 13.7 Å². The summed E-state index contributed by atoms with van der Waals surface area (Å²) in [6, 6.07) is 7.78. The molecule has 6 heteroatoms. The van der Waals surface area contributed by atoms with Gasteiger partial charge in [0.1, 0.15) is 5.75 Å². The van der Waals surface area contributed by atoms with Gasteiger partial charge in [-0.2, -0.15) is 5.10 Å². The summed E-state index contributed by atoms with van der Waals surface area (Å²) in [4.78, 5) is 0. The summed E-state index contributed by atoms with van der Waals surface area (Å²) < 4.78 is 10.1. The molecule has 20 heavy (non-hydrogen) atoms. The Morgan fingerprint density at radius 3 is 2.50 bits per heavy atom. The van der Waals surface area contributed by atoms with Crippen molar-refractivity contribution in [3.8, 4) is 5.75 Å². The van der Waals surface area contributed by atoms with Gasteiger partial charge >= 0.3 is 0 Å². The highest BCUT2D eigenvalue weighted by Crippen LogP contribution is 2.12. The topological polar surface area (TPSA) is 54.9 Å². The number of ether oxygens (including phenoxy) is 2. The number of rotatable bonds is 7. The van der Waals surface area contributed by atoms with Gasteiger partial charge in [0.15, 0.2) is 5.11 Å². The number of nitrogens with one attached hydrogen (secondary N) is 2. The quantitative estimate of drug-likeness (QED) is 0.348. The van der Waals surface area contributed by atoms with Crippen molar-refractivity contribution in [3.63, 3.8) is 0 Å². The van der Waals surface area contributed by atoms with E-state index in [1.165, 1.54) is 0 Å². The summed E-state index contributed by atoms with van der Waals surface area (Å²) >= 11 is 5.12. The largest absolute Gasteiger partial charge is 0.497 e. The van der Waals surface area contributed by atoms with E-state index in [9.17, 15) is 0 Å². The fourth-order valence-corrected chi connectivity index (χ4v) is 1.70.